The van der Waals surface area contributed by atoms with E-state index in [0.717, 1.165) is 0 Å². The second-order valence-corrected chi connectivity index (χ2v) is 4.83. The van der Waals surface area contributed by atoms with Crippen molar-refractivity contribution in [2.75, 3.05) is 0 Å². The summed E-state index contributed by atoms with van der Waals surface area (Å²) in [7, 11) is 0. The molecule has 6 nitrogen and oxygen atoms in total. The molecule has 0 bridgehead atoms. The maximum absolute atomic E-state index is 11.9. The average molecular weight is 274 g/mol. The fraction of sp³-hybridized carbons (Fsp3) is 0.357. The maximum atomic E-state index is 11.9. The van der Waals surface area contributed by atoms with E-state index in [0.29, 0.717) is 18.2 Å². The Hall–Kier alpha value is -2.37. The summed E-state index contributed by atoms with van der Waals surface area (Å²) in [5.74, 6) is 0.790. The molecule has 0 unspecified atom stereocenters. The van der Waals surface area contributed by atoms with Gasteiger partial charge in [0.2, 0.25) is 5.91 Å². The zero-order chi connectivity index (χ0) is 14.4. The standard InChI is InChI=1S/C14H18N4O2/c1-11(2)13(10-18-8-7-15-17-18)16-14(19)6-5-12-4-3-9-20-12/h3-9,11,13H,10H2,1-2H3,(H,16,19)/b6-5+/t13-/m1/s1. The molecule has 2 rings (SSSR count). The van der Waals surface area contributed by atoms with Gasteiger partial charge >= 0.3 is 0 Å². The molecule has 0 aliphatic heterocycles. The number of amides is 1. The highest BCUT2D eigenvalue weighted by Crippen LogP contribution is 2.05. The zero-order valence-corrected chi connectivity index (χ0v) is 11.6. The molecule has 0 saturated heterocycles. The third-order valence-electron chi connectivity index (χ3n) is 2.93. The molecule has 2 aromatic rings. The Morgan fingerprint density at radius 3 is 3.00 bits per heavy atom. The van der Waals surface area contributed by atoms with Crippen LogP contribution in [-0.4, -0.2) is 26.9 Å². The molecule has 6 heteroatoms. The summed E-state index contributed by atoms with van der Waals surface area (Å²) in [6.07, 6.45) is 8.08. The van der Waals surface area contributed by atoms with Gasteiger partial charge < -0.3 is 9.73 Å². The lowest BCUT2D eigenvalue weighted by atomic mass is 10.0. The second kappa shape index (κ2) is 6.70. The number of furan rings is 1. The molecule has 2 heterocycles. The number of aromatic nitrogens is 3. The molecule has 20 heavy (non-hydrogen) atoms. The van der Waals surface area contributed by atoms with Crippen molar-refractivity contribution in [1.82, 2.24) is 20.3 Å². The van der Waals surface area contributed by atoms with Gasteiger partial charge in [-0.3, -0.25) is 9.48 Å². The van der Waals surface area contributed by atoms with Crippen LogP contribution in [0.25, 0.3) is 6.08 Å². The number of hydrogen-bond donors (Lipinski definition) is 1. The molecule has 0 fully saturated rings. The van der Waals surface area contributed by atoms with Gasteiger partial charge in [0.15, 0.2) is 0 Å². The summed E-state index contributed by atoms with van der Waals surface area (Å²) in [4.78, 5) is 11.9. The van der Waals surface area contributed by atoms with Gasteiger partial charge in [-0.05, 0) is 24.1 Å². The van der Waals surface area contributed by atoms with E-state index in [1.807, 2.05) is 0 Å². The van der Waals surface area contributed by atoms with Crippen LogP contribution < -0.4 is 5.32 Å². The molecule has 0 aliphatic rings. The fourth-order valence-corrected chi connectivity index (χ4v) is 1.73. The predicted molar refractivity (Wildman–Crippen MR) is 74.5 cm³/mol. The minimum absolute atomic E-state index is 0.00884. The predicted octanol–water partition coefficient (Wildman–Crippen LogP) is 1.73. The lowest BCUT2D eigenvalue weighted by Crippen LogP contribution is -2.40. The summed E-state index contributed by atoms with van der Waals surface area (Å²) in [6, 6.07) is 3.56. The van der Waals surface area contributed by atoms with E-state index >= 15 is 0 Å². The largest absolute Gasteiger partial charge is 0.465 e. The van der Waals surface area contributed by atoms with Crippen molar-refractivity contribution in [1.29, 1.82) is 0 Å². The number of nitrogens with one attached hydrogen (secondary N) is 1. The number of rotatable bonds is 6. The van der Waals surface area contributed by atoms with E-state index in [1.165, 1.54) is 6.08 Å². The van der Waals surface area contributed by atoms with Crippen LogP contribution in [0.2, 0.25) is 0 Å². The first-order valence-electron chi connectivity index (χ1n) is 6.51. The van der Waals surface area contributed by atoms with Gasteiger partial charge in [0.05, 0.1) is 25.0 Å². The lowest BCUT2D eigenvalue weighted by molar-refractivity contribution is -0.117. The minimum atomic E-state index is -0.153. The van der Waals surface area contributed by atoms with Gasteiger partial charge in [0, 0.05) is 12.3 Å². The van der Waals surface area contributed by atoms with E-state index in [2.05, 4.69) is 29.5 Å². The molecule has 1 N–H and O–H groups in total. The first-order valence-corrected chi connectivity index (χ1v) is 6.51. The zero-order valence-electron chi connectivity index (χ0n) is 11.6. The number of carbonyl (C=O) groups excluding carboxylic acids is 1. The summed E-state index contributed by atoms with van der Waals surface area (Å²) in [6.45, 7) is 4.70. The average Bonchev–Trinajstić information content (AvgIpc) is 3.08. The quantitative estimate of drug-likeness (QED) is 0.814. The summed E-state index contributed by atoms with van der Waals surface area (Å²) < 4.78 is 6.84. The first-order chi connectivity index (χ1) is 9.65. The van der Waals surface area contributed by atoms with Gasteiger partial charge in [-0.2, -0.15) is 0 Å². The van der Waals surface area contributed by atoms with Crippen LogP contribution in [0.3, 0.4) is 0 Å². The van der Waals surface area contributed by atoms with Crippen molar-refractivity contribution in [2.24, 2.45) is 5.92 Å². The van der Waals surface area contributed by atoms with Gasteiger partial charge in [-0.25, -0.2) is 0 Å². The smallest absolute Gasteiger partial charge is 0.244 e. The highest BCUT2D eigenvalue weighted by molar-refractivity contribution is 5.91. The van der Waals surface area contributed by atoms with Crippen LogP contribution in [0, 0.1) is 5.92 Å². The van der Waals surface area contributed by atoms with E-state index in [1.54, 1.807) is 41.5 Å². The van der Waals surface area contributed by atoms with E-state index < -0.39 is 0 Å². The normalized spacial score (nSPS) is 12.9. The number of carbonyl (C=O) groups is 1. The highest BCUT2D eigenvalue weighted by Gasteiger charge is 2.16. The number of hydrogen-bond acceptors (Lipinski definition) is 4. The molecule has 0 radical (unpaired) electrons. The van der Waals surface area contributed by atoms with E-state index in [-0.39, 0.29) is 11.9 Å². The van der Waals surface area contributed by atoms with Crippen LogP contribution in [0.1, 0.15) is 19.6 Å². The van der Waals surface area contributed by atoms with Crippen LogP contribution in [-0.2, 0) is 11.3 Å². The molecular formula is C14H18N4O2. The fourth-order valence-electron chi connectivity index (χ4n) is 1.73. The molecule has 0 aromatic carbocycles. The van der Waals surface area contributed by atoms with Crippen LogP contribution in [0.15, 0.2) is 41.3 Å². The van der Waals surface area contributed by atoms with Crippen molar-refractivity contribution in [3.8, 4) is 0 Å². The Morgan fingerprint density at radius 2 is 2.40 bits per heavy atom. The Morgan fingerprint density at radius 1 is 1.55 bits per heavy atom. The van der Waals surface area contributed by atoms with Gasteiger partial charge in [-0.15, -0.1) is 5.10 Å². The van der Waals surface area contributed by atoms with Crippen LogP contribution in [0.4, 0.5) is 0 Å². The second-order valence-electron chi connectivity index (χ2n) is 4.83. The lowest BCUT2D eigenvalue weighted by Gasteiger charge is -2.21. The van der Waals surface area contributed by atoms with E-state index in [9.17, 15) is 4.79 Å². The maximum Gasteiger partial charge on any atom is 0.244 e. The SMILES string of the molecule is CC(C)[C@@H](Cn1ccnn1)NC(=O)/C=C/c1ccco1. The molecule has 1 atom stereocenters. The van der Waals surface area contributed by atoms with Crippen molar-refractivity contribution >= 4 is 12.0 Å². The molecule has 0 spiro atoms. The van der Waals surface area contributed by atoms with Crippen LogP contribution >= 0.6 is 0 Å². The first kappa shape index (κ1) is 14.0. The summed E-state index contributed by atoms with van der Waals surface area (Å²) in [5.41, 5.74) is 0. The van der Waals surface area contributed by atoms with Gasteiger partial charge in [0.25, 0.3) is 0 Å². The third kappa shape index (κ3) is 4.08. The molecular weight excluding hydrogens is 256 g/mol. The molecule has 0 saturated carbocycles. The molecule has 106 valence electrons. The molecule has 2 aromatic heterocycles. The van der Waals surface area contributed by atoms with Crippen molar-refractivity contribution in [3.05, 3.63) is 42.6 Å². The molecule has 1 amide bonds. The Balaban J connectivity index is 1.92. The Kier molecular flexibility index (Phi) is 4.70. The van der Waals surface area contributed by atoms with Crippen molar-refractivity contribution < 1.29 is 9.21 Å². The van der Waals surface area contributed by atoms with Gasteiger partial charge in [-0.1, -0.05) is 19.1 Å². The highest BCUT2D eigenvalue weighted by atomic mass is 16.3. The van der Waals surface area contributed by atoms with Gasteiger partial charge in [0.1, 0.15) is 5.76 Å². The van der Waals surface area contributed by atoms with E-state index in [4.69, 9.17) is 4.42 Å². The minimum Gasteiger partial charge on any atom is -0.465 e. The monoisotopic (exact) mass is 274 g/mol. The Bertz CT molecular complexity index is 544. The number of nitrogens with zero attached hydrogens (tertiary/aromatic N) is 3. The Labute approximate surface area is 117 Å². The molecule has 0 aliphatic carbocycles. The topological polar surface area (TPSA) is 73.0 Å². The van der Waals surface area contributed by atoms with Crippen LogP contribution in [0.5, 0.6) is 0 Å². The summed E-state index contributed by atoms with van der Waals surface area (Å²) in [5, 5.41) is 10.6. The third-order valence-corrected chi connectivity index (χ3v) is 2.93. The van der Waals surface area contributed by atoms with Crippen molar-refractivity contribution in [3.63, 3.8) is 0 Å². The van der Waals surface area contributed by atoms with Crippen molar-refractivity contribution in [2.45, 2.75) is 26.4 Å². The summed E-state index contributed by atoms with van der Waals surface area (Å²) >= 11 is 0.